The van der Waals surface area contributed by atoms with Crippen LogP contribution in [0.4, 0.5) is 4.79 Å². The summed E-state index contributed by atoms with van der Waals surface area (Å²) >= 11 is 0. The molecule has 2 atom stereocenters. The molecule has 7 nitrogen and oxygen atoms in total. The maximum Gasteiger partial charge on any atom is 0.408 e. The van der Waals surface area contributed by atoms with Gasteiger partial charge in [-0.3, -0.25) is 9.59 Å². The molecule has 0 bridgehead atoms. The van der Waals surface area contributed by atoms with E-state index in [4.69, 9.17) is 4.74 Å². The van der Waals surface area contributed by atoms with Crippen molar-refractivity contribution in [2.75, 3.05) is 13.1 Å². The quantitative estimate of drug-likeness (QED) is 0.616. The summed E-state index contributed by atoms with van der Waals surface area (Å²) in [6.07, 6.45) is 1.14. The normalized spacial score (nSPS) is 13.2. The Labute approximate surface area is 186 Å². The lowest BCUT2D eigenvalue weighted by Crippen LogP contribution is -2.49. The molecular weight excluding hydrogens is 394 g/mol. The summed E-state index contributed by atoms with van der Waals surface area (Å²) in [5.41, 5.74) is 2.07. The summed E-state index contributed by atoms with van der Waals surface area (Å²) in [6, 6.07) is 5.10. The van der Waals surface area contributed by atoms with E-state index in [2.05, 4.69) is 17.6 Å². The van der Waals surface area contributed by atoms with Gasteiger partial charge in [0.25, 0.3) is 0 Å². The molecule has 0 aliphatic rings. The number of carbonyl (C=O) groups excluding carboxylic acids is 3. The number of hydrogen-bond acceptors (Lipinski definition) is 4. The monoisotopic (exact) mass is 433 g/mol. The van der Waals surface area contributed by atoms with Crippen LogP contribution < -0.4 is 10.6 Å². The molecule has 174 valence electrons. The maximum absolute atomic E-state index is 13.3. The maximum atomic E-state index is 13.3. The van der Waals surface area contributed by atoms with Crippen molar-refractivity contribution in [2.24, 2.45) is 0 Å². The van der Waals surface area contributed by atoms with Crippen LogP contribution in [0, 0.1) is 13.8 Å². The number of amides is 3. The van der Waals surface area contributed by atoms with E-state index in [1.807, 2.05) is 45.9 Å². The minimum atomic E-state index is -0.780. The molecule has 0 aliphatic heterocycles. The molecule has 31 heavy (non-hydrogen) atoms. The van der Waals surface area contributed by atoms with Crippen LogP contribution in [0.1, 0.15) is 77.1 Å². The number of ether oxygens (including phenoxy) is 1. The first-order chi connectivity index (χ1) is 14.4. The molecule has 1 aromatic carbocycles. The van der Waals surface area contributed by atoms with Crippen molar-refractivity contribution in [1.29, 1.82) is 0 Å². The van der Waals surface area contributed by atoms with Crippen molar-refractivity contribution in [3.05, 3.63) is 34.9 Å². The fourth-order valence-electron chi connectivity index (χ4n) is 3.40. The van der Waals surface area contributed by atoms with Crippen molar-refractivity contribution < 1.29 is 19.1 Å². The van der Waals surface area contributed by atoms with Crippen LogP contribution in [0.15, 0.2) is 18.2 Å². The second kappa shape index (κ2) is 11.7. The van der Waals surface area contributed by atoms with E-state index < -0.39 is 17.7 Å². The molecular formula is C24H39N3O4. The zero-order valence-corrected chi connectivity index (χ0v) is 20.3. The Hall–Kier alpha value is -2.57. The molecule has 3 amide bonds. The van der Waals surface area contributed by atoms with Crippen molar-refractivity contribution in [1.82, 2.24) is 15.5 Å². The minimum Gasteiger partial charge on any atom is -0.444 e. The largest absolute Gasteiger partial charge is 0.444 e. The Balaban J connectivity index is 3.16. The van der Waals surface area contributed by atoms with Crippen molar-refractivity contribution in [3.8, 4) is 0 Å². The second-order valence-corrected chi connectivity index (χ2v) is 9.00. The Bertz CT molecular complexity index is 771. The Morgan fingerprint density at radius 2 is 1.77 bits per heavy atom. The highest BCUT2D eigenvalue weighted by molar-refractivity contribution is 5.90. The van der Waals surface area contributed by atoms with Gasteiger partial charge in [-0.2, -0.15) is 0 Å². The Morgan fingerprint density at radius 1 is 1.13 bits per heavy atom. The topological polar surface area (TPSA) is 87.7 Å². The molecule has 0 fully saturated rings. The lowest BCUT2D eigenvalue weighted by atomic mass is 9.96. The molecule has 1 aromatic rings. The van der Waals surface area contributed by atoms with Crippen LogP contribution in [-0.2, 0) is 14.3 Å². The molecule has 2 N–H and O–H groups in total. The van der Waals surface area contributed by atoms with Crippen LogP contribution in [0.3, 0.4) is 0 Å². The SMILES string of the molecule is CCCC(C)NC(=O)C(c1cc(C)ccc1C)N(CC)C(=O)CNC(=O)OC(C)(C)C. The predicted molar refractivity (Wildman–Crippen MR) is 123 cm³/mol. The van der Waals surface area contributed by atoms with Crippen molar-refractivity contribution in [3.63, 3.8) is 0 Å². The number of nitrogens with one attached hydrogen (secondary N) is 2. The van der Waals surface area contributed by atoms with E-state index in [1.165, 1.54) is 4.90 Å². The number of rotatable bonds is 9. The molecule has 0 saturated heterocycles. The number of carbonyl (C=O) groups is 3. The van der Waals surface area contributed by atoms with Gasteiger partial charge in [0.05, 0.1) is 0 Å². The standard InChI is InChI=1S/C24H39N3O4/c1-9-11-18(5)26-22(29)21(19-14-16(3)12-13-17(19)4)27(10-2)20(28)15-25-23(30)31-24(6,7)8/h12-14,18,21H,9-11,15H2,1-8H3,(H,25,30)(H,26,29). The number of hydrogen-bond donors (Lipinski definition) is 2. The molecule has 0 heterocycles. The Kier molecular flexibility index (Phi) is 10.0. The zero-order valence-electron chi connectivity index (χ0n) is 20.3. The molecule has 0 aromatic heterocycles. The number of alkyl carbamates (subject to hydrolysis) is 1. The molecule has 0 aliphatic carbocycles. The van der Waals surface area contributed by atoms with Gasteiger partial charge < -0.3 is 20.3 Å². The lowest BCUT2D eigenvalue weighted by molar-refractivity contribution is -0.140. The lowest BCUT2D eigenvalue weighted by Gasteiger charge is -2.32. The van der Waals surface area contributed by atoms with Gasteiger partial charge in [-0.15, -0.1) is 0 Å². The van der Waals surface area contributed by atoms with Crippen LogP contribution in [0.25, 0.3) is 0 Å². The van der Waals surface area contributed by atoms with Gasteiger partial charge in [0.1, 0.15) is 18.2 Å². The third-order valence-electron chi connectivity index (χ3n) is 4.84. The average Bonchev–Trinajstić information content (AvgIpc) is 2.65. The minimum absolute atomic E-state index is 0.00110. The first kappa shape index (κ1) is 26.5. The molecule has 2 unspecified atom stereocenters. The second-order valence-electron chi connectivity index (χ2n) is 9.00. The highest BCUT2D eigenvalue weighted by atomic mass is 16.6. The molecule has 0 saturated carbocycles. The van der Waals surface area contributed by atoms with Gasteiger partial charge in [-0.25, -0.2) is 4.79 Å². The van der Waals surface area contributed by atoms with Gasteiger partial charge in [0.15, 0.2) is 0 Å². The molecule has 0 radical (unpaired) electrons. The third-order valence-corrected chi connectivity index (χ3v) is 4.84. The summed E-state index contributed by atoms with van der Waals surface area (Å²) in [6.45, 7) is 15.1. The van der Waals surface area contributed by atoms with Crippen LogP contribution in [-0.4, -0.2) is 47.5 Å². The van der Waals surface area contributed by atoms with Gasteiger partial charge in [-0.05, 0) is 66.0 Å². The molecule has 0 spiro atoms. The van der Waals surface area contributed by atoms with Gasteiger partial charge >= 0.3 is 6.09 Å². The smallest absolute Gasteiger partial charge is 0.408 e. The fraction of sp³-hybridized carbons (Fsp3) is 0.625. The fourth-order valence-corrected chi connectivity index (χ4v) is 3.40. The summed E-state index contributed by atoms with van der Waals surface area (Å²) in [5.74, 6) is -0.570. The van der Waals surface area contributed by atoms with E-state index in [-0.39, 0.29) is 24.4 Å². The Morgan fingerprint density at radius 3 is 2.32 bits per heavy atom. The number of likely N-dealkylation sites (N-methyl/N-ethyl adjacent to an activating group) is 1. The van der Waals surface area contributed by atoms with Crippen LogP contribution in [0.2, 0.25) is 0 Å². The number of aryl methyl sites for hydroxylation is 2. The average molecular weight is 434 g/mol. The number of nitrogens with zero attached hydrogens (tertiary/aromatic N) is 1. The summed E-state index contributed by atoms with van der Waals surface area (Å²) < 4.78 is 5.21. The van der Waals surface area contributed by atoms with E-state index in [0.29, 0.717) is 6.54 Å². The van der Waals surface area contributed by atoms with Crippen molar-refractivity contribution in [2.45, 2.75) is 85.9 Å². The first-order valence-corrected chi connectivity index (χ1v) is 11.0. The number of benzene rings is 1. The van der Waals surface area contributed by atoms with Crippen molar-refractivity contribution >= 4 is 17.9 Å². The van der Waals surface area contributed by atoms with Gasteiger partial charge in [0.2, 0.25) is 11.8 Å². The molecule has 7 heteroatoms. The first-order valence-electron chi connectivity index (χ1n) is 11.0. The van der Waals surface area contributed by atoms with E-state index >= 15 is 0 Å². The van der Waals surface area contributed by atoms with Gasteiger partial charge in [0, 0.05) is 12.6 Å². The van der Waals surface area contributed by atoms with Crippen LogP contribution in [0.5, 0.6) is 0 Å². The zero-order chi connectivity index (χ0) is 23.8. The van der Waals surface area contributed by atoms with Crippen LogP contribution >= 0.6 is 0 Å². The molecule has 1 rings (SSSR count). The van der Waals surface area contributed by atoms with E-state index in [1.54, 1.807) is 20.8 Å². The van der Waals surface area contributed by atoms with E-state index in [9.17, 15) is 14.4 Å². The summed E-state index contributed by atoms with van der Waals surface area (Å²) in [5, 5.41) is 5.55. The summed E-state index contributed by atoms with van der Waals surface area (Å²) in [7, 11) is 0. The van der Waals surface area contributed by atoms with Gasteiger partial charge in [-0.1, -0.05) is 37.1 Å². The van der Waals surface area contributed by atoms with E-state index in [0.717, 1.165) is 29.5 Å². The highest BCUT2D eigenvalue weighted by Crippen LogP contribution is 2.26. The predicted octanol–water partition coefficient (Wildman–Crippen LogP) is 4.02. The third kappa shape index (κ3) is 8.59. The highest BCUT2D eigenvalue weighted by Gasteiger charge is 2.32. The summed E-state index contributed by atoms with van der Waals surface area (Å²) in [4.78, 5) is 39.8.